The highest BCUT2D eigenvalue weighted by molar-refractivity contribution is 7.80. The van der Waals surface area contributed by atoms with Crippen LogP contribution < -0.4 is 5.32 Å². The molecule has 25 heavy (non-hydrogen) atoms. The molecule has 3 rings (SSSR count). The largest absolute Gasteiger partial charge is 0.358 e. The number of benzene rings is 2. The van der Waals surface area contributed by atoms with Gasteiger partial charge in [0.15, 0.2) is 5.11 Å². The van der Waals surface area contributed by atoms with Crippen LogP contribution in [0.5, 0.6) is 0 Å². The molecular formula is C21H27N3S. The van der Waals surface area contributed by atoms with Gasteiger partial charge in [-0.15, -0.1) is 0 Å². The molecule has 4 heteroatoms. The molecule has 2 aromatic rings. The first-order valence-corrected chi connectivity index (χ1v) is 9.37. The zero-order valence-corrected chi connectivity index (χ0v) is 16.0. The summed E-state index contributed by atoms with van der Waals surface area (Å²) < 4.78 is 0. The second kappa shape index (κ2) is 8.45. The third kappa shape index (κ3) is 5.28. The zero-order valence-electron chi connectivity index (χ0n) is 15.2. The van der Waals surface area contributed by atoms with E-state index < -0.39 is 0 Å². The van der Waals surface area contributed by atoms with Gasteiger partial charge in [0, 0.05) is 39.3 Å². The summed E-state index contributed by atoms with van der Waals surface area (Å²) in [4.78, 5) is 4.79. The maximum atomic E-state index is 5.58. The Labute approximate surface area is 156 Å². The summed E-state index contributed by atoms with van der Waals surface area (Å²) in [5.41, 5.74) is 5.26. The number of hydrogen-bond donors (Lipinski definition) is 1. The van der Waals surface area contributed by atoms with Gasteiger partial charge in [-0.1, -0.05) is 59.7 Å². The van der Waals surface area contributed by atoms with Crippen LogP contribution >= 0.6 is 12.2 Å². The number of piperazine rings is 1. The Morgan fingerprint density at radius 3 is 1.92 bits per heavy atom. The van der Waals surface area contributed by atoms with E-state index in [0.717, 1.165) is 44.4 Å². The van der Waals surface area contributed by atoms with Crippen molar-refractivity contribution < 1.29 is 0 Å². The van der Waals surface area contributed by atoms with Gasteiger partial charge in [-0.3, -0.25) is 4.90 Å². The molecule has 3 nitrogen and oxygen atoms in total. The summed E-state index contributed by atoms with van der Waals surface area (Å²) >= 11 is 5.58. The quantitative estimate of drug-likeness (QED) is 0.848. The Kier molecular flexibility index (Phi) is 6.05. The molecule has 0 atom stereocenters. The molecule has 1 N–H and O–H groups in total. The minimum atomic E-state index is 0.794. The first-order chi connectivity index (χ1) is 12.1. The first-order valence-electron chi connectivity index (χ1n) is 8.96. The van der Waals surface area contributed by atoms with Crippen molar-refractivity contribution >= 4 is 17.3 Å². The summed E-state index contributed by atoms with van der Waals surface area (Å²) in [6.45, 7) is 10.2. The lowest BCUT2D eigenvalue weighted by molar-refractivity contribution is 0.174. The molecule has 1 heterocycles. The molecular weight excluding hydrogens is 326 g/mol. The Hall–Kier alpha value is -1.91. The van der Waals surface area contributed by atoms with Gasteiger partial charge in [0.25, 0.3) is 0 Å². The summed E-state index contributed by atoms with van der Waals surface area (Å²) in [5, 5.41) is 4.27. The molecule has 1 fully saturated rings. The smallest absolute Gasteiger partial charge is 0.169 e. The van der Waals surface area contributed by atoms with Crippen LogP contribution in [-0.2, 0) is 13.1 Å². The van der Waals surface area contributed by atoms with Crippen molar-refractivity contribution in [1.82, 2.24) is 15.1 Å². The SMILES string of the molecule is Cc1ccc(CNC(=S)N2CCN(Cc3ccc(C)cc3)CC2)cc1. The average Bonchev–Trinajstić information content (AvgIpc) is 2.63. The highest BCUT2D eigenvalue weighted by Crippen LogP contribution is 2.10. The predicted octanol–water partition coefficient (Wildman–Crippen LogP) is 3.50. The fourth-order valence-corrected chi connectivity index (χ4v) is 3.31. The second-order valence-corrected chi connectivity index (χ2v) is 7.28. The van der Waals surface area contributed by atoms with E-state index in [2.05, 4.69) is 77.5 Å². The van der Waals surface area contributed by atoms with Gasteiger partial charge >= 0.3 is 0 Å². The van der Waals surface area contributed by atoms with Gasteiger partial charge in [0.2, 0.25) is 0 Å². The highest BCUT2D eigenvalue weighted by atomic mass is 32.1. The Bertz CT molecular complexity index is 686. The fourth-order valence-electron chi connectivity index (χ4n) is 3.06. The second-order valence-electron chi connectivity index (χ2n) is 6.89. The number of nitrogens with zero attached hydrogens (tertiary/aromatic N) is 2. The van der Waals surface area contributed by atoms with Crippen LogP contribution in [0.25, 0.3) is 0 Å². The van der Waals surface area contributed by atoms with Gasteiger partial charge < -0.3 is 10.2 Å². The summed E-state index contributed by atoms with van der Waals surface area (Å²) in [5.74, 6) is 0. The van der Waals surface area contributed by atoms with Crippen molar-refractivity contribution in [2.75, 3.05) is 26.2 Å². The lowest BCUT2D eigenvalue weighted by atomic mass is 10.1. The lowest BCUT2D eigenvalue weighted by Crippen LogP contribution is -2.51. The molecule has 0 aliphatic carbocycles. The van der Waals surface area contributed by atoms with Crippen LogP contribution in [0.15, 0.2) is 48.5 Å². The van der Waals surface area contributed by atoms with Crippen LogP contribution in [0.3, 0.4) is 0 Å². The molecule has 0 amide bonds. The Morgan fingerprint density at radius 1 is 0.840 bits per heavy atom. The molecule has 0 unspecified atom stereocenters. The molecule has 1 aliphatic rings. The molecule has 0 saturated carbocycles. The lowest BCUT2D eigenvalue weighted by Gasteiger charge is -2.36. The number of nitrogens with one attached hydrogen (secondary N) is 1. The van der Waals surface area contributed by atoms with Crippen LogP contribution in [0, 0.1) is 13.8 Å². The monoisotopic (exact) mass is 353 g/mol. The molecule has 1 saturated heterocycles. The first kappa shape index (κ1) is 17.9. The third-order valence-electron chi connectivity index (χ3n) is 4.75. The number of thiocarbonyl (C=S) groups is 1. The van der Waals surface area contributed by atoms with Crippen LogP contribution in [0.2, 0.25) is 0 Å². The normalized spacial score (nSPS) is 15.2. The van der Waals surface area contributed by atoms with Gasteiger partial charge in [-0.2, -0.15) is 0 Å². The molecule has 132 valence electrons. The van der Waals surface area contributed by atoms with E-state index in [9.17, 15) is 0 Å². The van der Waals surface area contributed by atoms with E-state index in [-0.39, 0.29) is 0 Å². The van der Waals surface area contributed by atoms with Gasteiger partial charge in [-0.25, -0.2) is 0 Å². The van der Waals surface area contributed by atoms with Crippen LogP contribution in [0.4, 0.5) is 0 Å². The van der Waals surface area contributed by atoms with Gasteiger partial charge in [0.1, 0.15) is 0 Å². The molecule has 0 spiro atoms. The van der Waals surface area contributed by atoms with Crippen LogP contribution in [0.1, 0.15) is 22.3 Å². The molecule has 2 aromatic carbocycles. The molecule has 0 aromatic heterocycles. The molecule has 1 aliphatic heterocycles. The summed E-state index contributed by atoms with van der Waals surface area (Å²) in [6.07, 6.45) is 0. The fraction of sp³-hybridized carbons (Fsp3) is 0.381. The standard InChI is InChI=1S/C21H27N3S/c1-17-3-7-19(8-4-17)15-22-21(25)24-13-11-23(12-14-24)16-20-9-5-18(2)6-10-20/h3-10H,11-16H2,1-2H3,(H,22,25). The van der Waals surface area contributed by atoms with Crippen molar-refractivity contribution in [2.45, 2.75) is 26.9 Å². The molecule has 0 radical (unpaired) electrons. The van der Waals surface area contributed by atoms with Crippen molar-refractivity contribution in [1.29, 1.82) is 0 Å². The summed E-state index contributed by atoms with van der Waals surface area (Å²) in [6, 6.07) is 17.4. The number of hydrogen-bond acceptors (Lipinski definition) is 2. The highest BCUT2D eigenvalue weighted by Gasteiger charge is 2.18. The number of aryl methyl sites for hydroxylation is 2. The van der Waals surface area contributed by atoms with Crippen molar-refractivity contribution in [3.05, 3.63) is 70.8 Å². The molecule has 0 bridgehead atoms. The van der Waals surface area contributed by atoms with E-state index >= 15 is 0 Å². The minimum Gasteiger partial charge on any atom is -0.358 e. The van der Waals surface area contributed by atoms with Crippen molar-refractivity contribution in [3.8, 4) is 0 Å². The van der Waals surface area contributed by atoms with E-state index in [1.54, 1.807) is 0 Å². The van der Waals surface area contributed by atoms with Crippen molar-refractivity contribution in [2.24, 2.45) is 0 Å². The average molecular weight is 354 g/mol. The van der Waals surface area contributed by atoms with E-state index in [1.807, 2.05) is 0 Å². The van der Waals surface area contributed by atoms with Gasteiger partial charge in [0.05, 0.1) is 0 Å². The Morgan fingerprint density at radius 2 is 1.36 bits per heavy atom. The van der Waals surface area contributed by atoms with Crippen molar-refractivity contribution in [3.63, 3.8) is 0 Å². The van der Waals surface area contributed by atoms with E-state index in [4.69, 9.17) is 12.2 Å². The maximum Gasteiger partial charge on any atom is 0.169 e. The zero-order chi connectivity index (χ0) is 17.6. The minimum absolute atomic E-state index is 0.794. The van der Waals surface area contributed by atoms with Crippen LogP contribution in [-0.4, -0.2) is 41.1 Å². The maximum absolute atomic E-state index is 5.58. The van der Waals surface area contributed by atoms with E-state index in [0.29, 0.717) is 0 Å². The number of rotatable bonds is 4. The predicted molar refractivity (Wildman–Crippen MR) is 109 cm³/mol. The third-order valence-corrected chi connectivity index (χ3v) is 5.15. The van der Waals surface area contributed by atoms with E-state index in [1.165, 1.54) is 22.3 Å². The topological polar surface area (TPSA) is 18.5 Å². The van der Waals surface area contributed by atoms with Gasteiger partial charge in [-0.05, 0) is 37.2 Å². The summed E-state index contributed by atoms with van der Waals surface area (Å²) in [7, 11) is 0. The Balaban J connectivity index is 1.42.